The first-order valence-electron chi connectivity index (χ1n) is 8.29. The summed E-state index contributed by atoms with van der Waals surface area (Å²) in [6, 6.07) is 0.375. The summed E-state index contributed by atoms with van der Waals surface area (Å²) < 4.78 is 61.8. The van der Waals surface area contributed by atoms with Gasteiger partial charge in [-0.15, -0.1) is 0 Å². The average molecular weight is 376 g/mol. The van der Waals surface area contributed by atoms with E-state index in [2.05, 4.69) is 4.98 Å². The van der Waals surface area contributed by atoms with E-state index in [0.29, 0.717) is 25.4 Å². The lowest BCUT2D eigenvalue weighted by Crippen LogP contribution is -2.37. The number of amides is 1. The predicted molar refractivity (Wildman–Crippen MR) is 83.0 cm³/mol. The summed E-state index contributed by atoms with van der Waals surface area (Å²) >= 11 is 0. The standard InChI is InChI=1S/C17H20F4N2O3/c1-16(2,3)26-15(24)23-6-10-11(7-23)12(10)8-25-14-13(18)4-9(5-22-14)17(19,20)21/h4-5,10-12H,6-8H2,1-3H3/t10-,11+,12?. The highest BCUT2D eigenvalue weighted by Gasteiger charge is 2.57. The minimum absolute atomic E-state index is 0.136. The first-order chi connectivity index (χ1) is 12.0. The highest BCUT2D eigenvalue weighted by atomic mass is 19.4. The van der Waals surface area contributed by atoms with Gasteiger partial charge in [0.2, 0.25) is 5.88 Å². The third-order valence-corrected chi connectivity index (χ3v) is 4.57. The number of nitrogens with zero attached hydrogens (tertiary/aromatic N) is 2. The van der Waals surface area contributed by atoms with Crippen molar-refractivity contribution >= 4 is 6.09 Å². The van der Waals surface area contributed by atoms with Gasteiger partial charge in [0.05, 0.1) is 12.2 Å². The van der Waals surface area contributed by atoms with Crippen LogP contribution < -0.4 is 4.74 Å². The number of ether oxygens (including phenoxy) is 2. The Labute approximate surface area is 148 Å². The molecule has 3 rings (SSSR count). The molecule has 5 nitrogen and oxygen atoms in total. The molecule has 0 radical (unpaired) electrons. The van der Waals surface area contributed by atoms with E-state index in [4.69, 9.17) is 9.47 Å². The fourth-order valence-corrected chi connectivity index (χ4v) is 3.23. The molecule has 1 aromatic rings. The van der Waals surface area contributed by atoms with Crippen LogP contribution in [0.1, 0.15) is 26.3 Å². The fraction of sp³-hybridized carbons (Fsp3) is 0.647. The number of likely N-dealkylation sites (tertiary alicyclic amines) is 1. The number of fused-ring (bicyclic) bond motifs is 1. The van der Waals surface area contributed by atoms with Gasteiger partial charge < -0.3 is 14.4 Å². The van der Waals surface area contributed by atoms with Crippen molar-refractivity contribution in [3.8, 4) is 5.88 Å². The average Bonchev–Trinajstić information content (AvgIpc) is 2.94. The van der Waals surface area contributed by atoms with Crippen LogP contribution in [0.4, 0.5) is 22.4 Å². The van der Waals surface area contributed by atoms with Gasteiger partial charge in [0, 0.05) is 25.2 Å². The SMILES string of the molecule is CC(C)(C)OC(=O)N1C[C@@H]2C(COc3ncc(C(F)(F)F)cc3F)[C@@H]2C1. The van der Waals surface area contributed by atoms with Crippen LogP contribution in [0.25, 0.3) is 0 Å². The molecule has 26 heavy (non-hydrogen) atoms. The summed E-state index contributed by atoms with van der Waals surface area (Å²) in [4.78, 5) is 17.0. The van der Waals surface area contributed by atoms with Crippen molar-refractivity contribution in [2.45, 2.75) is 32.5 Å². The Morgan fingerprint density at radius 3 is 2.38 bits per heavy atom. The van der Waals surface area contributed by atoms with Crippen LogP contribution in [0.15, 0.2) is 12.3 Å². The van der Waals surface area contributed by atoms with E-state index in [0.717, 1.165) is 0 Å². The lowest BCUT2D eigenvalue weighted by Gasteiger charge is -2.25. The topological polar surface area (TPSA) is 51.7 Å². The zero-order chi connectivity index (χ0) is 19.3. The maximum absolute atomic E-state index is 13.7. The van der Waals surface area contributed by atoms with Crippen LogP contribution in [-0.4, -0.2) is 41.3 Å². The second-order valence-corrected chi connectivity index (χ2v) is 7.70. The molecule has 0 N–H and O–H groups in total. The molecular formula is C17H20F4N2O3. The molecule has 2 heterocycles. The Morgan fingerprint density at radius 2 is 1.88 bits per heavy atom. The quantitative estimate of drug-likeness (QED) is 0.755. The van der Waals surface area contributed by atoms with Crippen molar-refractivity contribution in [3.05, 3.63) is 23.6 Å². The molecule has 1 aliphatic heterocycles. The van der Waals surface area contributed by atoms with Crippen molar-refractivity contribution in [3.63, 3.8) is 0 Å². The zero-order valence-corrected chi connectivity index (χ0v) is 14.6. The van der Waals surface area contributed by atoms with Crippen molar-refractivity contribution in [1.82, 2.24) is 9.88 Å². The van der Waals surface area contributed by atoms with Crippen molar-refractivity contribution in [1.29, 1.82) is 0 Å². The van der Waals surface area contributed by atoms with E-state index in [1.807, 2.05) is 0 Å². The molecule has 144 valence electrons. The Bertz CT molecular complexity index is 690. The maximum atomic E-state index is 13.7. The van der Waals surface area contributed by atoms with E-state index >= 15 is 0 Å². The minimum Gasteiger partial charge on any atom is -0.475 e. The highest BCUT2D eigenvalue weighted by molar-refractivity contribution is 5.69. The van der Waals surface area contributed by atoms with Gasteiger partial charge in [-0.2, -0.15) is 13.2 Å². The molecule has 0 aromatic carbocycles. The predicted octanol–water partition coefficient (Wildman–Crippen LogP) is 3.73. The third kappa shape index (κ3) is 4.02. The van der Waals surface area contributed by atoms with Gasteiger partial charge in [-0.1, -0.05) is 0 Å². The van der Waals surface area contributed by atoms with Crippen LogP contribution in [0, 0.1) is 23.6 Å². The smallest absolute Gasteiger partial charge is 0.417 e. The number of pyridine rings is 1. The molecule has 1 amide bonds. The second-order valence-electron chi connectivity index (χ2n) is 7.70. The molecule has 1 aromatic heterocycles. The molecular weight excluding hydrogens is 356 g/mol. The van der Waals surface area contributed by atoms with E-state index in [1.165, 1.54) is 0 Å². The number of aromatic nitrogens is 1. The maximum Gasteiger partial charge on any atom is 0.417 e. The van der Waals surface area contributed by atoms with Crippen LogP contribution in [0.2, 0.25) is 0 Å². The van der Waals surface area contributed by atoms with Gasteiger partial charge in [-0.25, -0.2) is 14.2 Å². The van der Waals surface area contributed by atoms with E-state index in [1.54, 1.807) is 25.7 Å². The van der Waals surface area contributed by atoms with E-state index in [9.17, 15) is 22.4 Å². The Morgan fingerprint density at radius 1 is 1.27 bits per heavy atom. The van der Waals surface area contributed by atoms with E-state index in [-0.39, 0.29) is 30.5 Å². The van der Waals surface area contributed by atoms with Crippen LogP contribution in [-0.2, 0) is 10.9 Å². The lowest BCUT2D eigenvalue weighted by atomic mass is 10.2. The number of hydrogen-bond donors (Lipinski definition) is 0. The monoisotopic (exact) mass is 376 g/mol. The number of carbonyl (C=O) groups is 1. The minimum atomic E-state index is -4.65. The molecule has 1 aliphatic carbocycles. The van der Waals surface area contributed by atoms with Gasteiger partial charge in [-0.05, 0) is 38.7 Å². The number of piperidine rings is 1. The van der Waals surface area contributed by atoms with Crippen LogP contribution >= 0.6 is 0 Å². The molecule has 0 bridgehead atoms. The lowest BCUT2D eigenvalue weighted by molar-refractivity contribution is -0.138. The van der Waals surface area contributed by atoms with Crippen molar-refractivity contribution in [2.75, 3.05) is 19.7 Å². The summed E-state index contributed by atoms with van der Waals surface area (Å²) in [5, 5.41) is 0. The van der Waals surface area contributed by atoms with Gasteiger partial charge in [-0.3, -0.25) is 0 Å². The van der Waals surface area contributed by atoms with Gasteiger partial charge in [0.15, 0.2) is 5.82 Å². The van der Waals surface area contributed by atoms with Crippen molar-refractivity contribution < 1.29 is 31.8 Å². The fourth-order valence-electron chi connectivity index (χ4n) is 3.23. The third-order valence-electron chi connectivity index (χ3n) is 4.57. The van der Waals surface area contributed by atoms with E-state index < -0.39 is 29.0 Å². The first-order valence-corrected chi connectivity index (χ1v) is 8.29. The summed E-state index contributed by atoms with van der Waals surface area (Å²) in [5.74, 6) is -0.967. The molecule has 1 saturated heterocycles. The molecule has 3 atom stereocenters. The van der Waals surface area contributed by atoms with Crippen LogP contribution in [0.5, 0.6) is 5.88 Å². The molecule has 2 aliphatic rings. The molecule has 1 unspecified atom stereocenters. The number of rotatable bonds is 3. The Balaban J connectivity index is 1.49. The summed E-state index contributed by atoms with van der Waals surface area (Å²) in [6.07, 6.45) is -4.46. The Hall–Kier alpha value is -2.06. The Kier molecular flexibility index (Phi) is 4.52. The normalized spacial score (nSPS) is 25.0. The number of alkyl halides is 3. The molecule has 0 spiro atoms. The van der Waals surface area contributed by atoms with Crippen molar-refractivity contribution in [2.24, 2.45) is 17.8 Å². The van der Waals surface area contributed by atoms with Gasteiger partial charge >= 0.3 is 12.3 Å². The largest absolute Gasteiger partial charge is 0.475 e. The summed E-state index contributed by atoms with van der Waals surface area (Å²) in [5.41, 5.74) is -1.71. The van der Waals surface area contributed by atoms with Crippen LogP contribution in [0.3, 0.4) is 0 Å². The highest BCUT2D eigenvalue weighted by Crippen LogP contribution is 2.52. The number of halogens is 4. The summed E-state index contributed by atoms with van der Waals surface area (Å²) in [7, 11) is 0. The molecule has 2 fully saturated rings. The van der Waals surface area contributed by atoms with Gasteiger partial charge in [0.25, 0.3) is 0 Å². The molecule has 9 heteroatoms. The number of carbonyl (C=O) groups excluding carboxylic acids is 1. The van der Waals surface area contributed by atoms with Gasteiger partial charge in [0.1, 0.15) is 5.60 Å². The summed E-state index contributed by atoms with van der Waals surface area (Å²) in [6.45, 7) is 6.62. The first kappa shape index (κ1) is 18.7. The molecule has 1 saturated carbocycles. The zero-order valence-electron chi connectivity index (χ0n) is 14.6. The number of hydrogen-bond acceptors (Lipinski definition) is 4. The second kappa shape index (κ2) is 6.28.